The molecule has 1 aromatic carbocycles. The summed E-state index contributed by atoms with van der Waals surface area (Å²) in [5.41, 5.74) is 7.04. The average molecular weight is 301 g/mol. The van der Waals surface area contributed by atoms with E-state index < -0.39 is 0 Å². The van der Waals surface area contributed by atoms with Crippen LogP contribution in [0.25, 0.3) is 0 Å². The van der Waals surface area contributed by atoms with Gasteiger partial charge in [-0.05, 0) is 60.4 Å². The number of benzene rings is 1. The highest BCUT2D eigenvalue weighted by Gasteiger charge is 2.09. The second-order valence-electron chi connectivity index (χ2n) is 4.88. The van der Waals surface area contributed by atoms with Gasteiger partial charge in [0, 0.05) is 12.1 Å². The summed E-state index contributed by atoms with van der Waals surface area (Å²) in [4.78, 5) is 0. The number of hydrogen-bond acceptors (Lipinski definition) is 3. The lowest BCUT2D eigenvalue weighted by molar-refractivity contribution is 0.412. The minimum absolute atomic E-state index is 0.104. The van der Waals surface area contributed by atoms with Gasteiger partial charge < -0.3 is 15.8 Å². The summed E-state index contributed by atoms with van der Waals surface area (Å²) in [6.07, 6.45) is 0.963. The third kappa shape index (κ3) is 5.52. The molecule has 0 unspecified atom stereocenters. The number of hydrogen-bond donors (Lipinski definition) is 2. The largest absolute Gasteiger partial charge is 0.496 e. The lowest BCUT2D eigenvalue weighted by Gasteiger charge is -2.18. The van der Waals surface area contributed by atoms with E-state index in [4.69, 9.17) is 10.5 Å². The Balaban J connectivity index is 2.40. The molecule has 0 saturated heterocycles. The first-order valence-corrected chi connectivity index (χ1v) is 6.54. The van der Waals surface area contributed by atoms with Crippen molar-refractivity contribution in [2.24, 2.45) is 5.73 Å². The first-order valence-electron chi connectivity index (χ1n) is 5.74. The molecule has 0 aliphatic heterocycles. The van der Waals surface area contributed by atoms with Crippen LogP contribution in [0.15, 0.2) is 22.7 Å². The van der Waals surface area contributed by atoms with Crippen molar-refractivity contribution in [3.63, 3.8) is 0 Å². The monoisotopic (exact) mass is 300 g/mol. The minimum Gasteiger partial charge on any atom is -0.496 e. The highest BCUT2D eigenvalue weighted by atomic mass is 79.9. The van der Waals surface area contributed by atoms with Crippen LogP contribution in [0.2, 0.25) is 0 Å². The van der Waals surface area contributed by atoms with Crippen LogP contribution >= 0.6 is 15.9 Å². The fourth-order valence-electron chi connectivity index (χ4n) is 1.46. The molecule has 0 spiro atoms. The molecule has 17 heavy (non-hydrogen) atoms. The highest BCUT2D eigenvalue weighted by Crippen LogP contribution is 2.25. The Morgan fingerprint density at radius 2 is 2.12 bits per heavy atom. The van der Waals surface area contributed by atoms with Gasteiger partial charge >= 0.3 is 0 Å². The summed E-state index contributed by atoms with van der Waals surface area (Å²) in [6.45, 7) is 5.85. The van der Waals surface area contributed by atoms with Crippen LogP contribution in [-0.2, 0) is 6.54 Å². The number of rotatable bonds is 6. The molecule has 0 heterocycles. The molecule has 0 bridgehead atoms. The van der Waals surface area contributed by atoms with Crippen LogP contribution in [-0.4, -0.2) is 19.2 Å². The Morgan fingerprint density at radius 1 is 1.41 bits per heavy atom. The zero-order chi connectivity index (χ0) is 12.9. The van der Waals surface area contributed by atoms with Gasteiger partial charge in [0.15, 0.2) is 0 Å². The second kappa shape index (κ2) is 6.38. The summed E-state index contributed by atoms with van der Waals surface area (Å²) in [6, 6.07) is 6.09. The predicted octanol–water partition coefficient (Wildman–Crippen LogP) is 2.67. The van der Waals surface area contributed by atoms with Crippen molar-refractivity contribution in [3.8, 4) is 5.75 Å². The summed E-state index contributed by atoms with van der Waals surface area (Å²) >= 11 is 3.48. The van der Waals surface area contributed by atoms with E-state index in [9.17, 15) is 0 Å². The molecule has 0 saturated carbocycles. The first kappa shape index (κ1) is 14.5. The summed E-state index contributed by atoms with van der Waals surface area (Å²) in [5.74, 6) is 0.858. The molecule has 4 heteroatoms. The molecule has 0 amide bonds. The molecule has 0 atom stereocenters. The maximum absolute atomic E-state index is 5.91. The van der Waals surface area contributed by atoms with Crippen molar-refractivity contribution in [2.45, 2.75) is 32.4 Å². The van der Waals surface area contributed by atoms with E-state index in [2.05, 4.69) is 33.4 Å². The Hall–Kier alpha value is -0.580. The molecule has 0 fully saturated rings. The van der Waals surface area contributed by atoms with Gasteiger partial charge in [-0.15, -0.1) is 0 Å². The number of nitrogens with one attached hydrogen (secondary N) is 1. The summed E-state index contributed by atoms with van der Waals surface area (Å²) in [5, 5.41) is 3.38. The van der Waals surface area contributed by atoms with E-state index in [1.807, 2.05) is 19.9 Å². The standard InChI is InChI=1S/C13H21BrN2O/c1-13(2,15)6-7-16-9-10-4-5-12(17-3)11(14)8-10/h4-5,8,16H,6-7,9,15H2,1-3H3. The van der Waals surface area contributed by atoms with Crippen molar-refractivity contribution in [1.29, 1.82) is 0 Å². The topological polar surface area (TPSA) is 47.3 Å². The van der Waals surface area contributed by atoms with Crippen LogP contribution in [0.5, 0.6) is 5.75 Å². The zero-order valence-corrected chi connectivity index (χ0v) is 12.3. The SMILES string of the molecule is COc1ccc(CNCCC(C)(C)N)cc1Br. The Bertz CT molecular complexity index is 361. The normalized spacial score (nSPS) is 11.6. The molecule has 0 aliphatic rings. The van der Waals surface area contributed by atoms with Crippen molar-refractivity contribution in [2.75, 3.05) is 13.7 Å². The van der Waals surface area contributed by atoms with E-state index in [0.717, 1.165) is 29.7 Å². The van der Waals surface area contributed by atoms with Crippen molar-refractivity contribution in [3.05, 3.63) is 28.2 Å². The van der Waals surface area contributed by atoms with Gasteiger partial charge in [0.2, 0.25) is 0 Å². The van der Waals surface area contributed by atoms with Gasteiger partial charge in [0.1, 0.15) is 5.75 Å². The summed E-state index contributed by atoms with van der Waals surface area (Å²) in [7, 11) is 1.67. The minimum atomic E-state index is -0.104. The second-order valence-corrected chi connectivity index (χ2v) is 5.74. The highest BCUT2D eigenvalue weighted by molar-refractivity contribution is 9.10. The Labute approximate surface area is 112 Å². The van der Waals surface area contributed by atoms with Crippen LogP contribution in [0.1, 0.15) is 25.8 Å². The number of halogens is 1. The molecule has 1 rings (SSSR count). The van der Waals surface area contributed by atoms with Crippen molar-refractivity contribution >= 4 is 15.9 Å². The zero-order valence-electron chi connectivity index (χ0n) is 10.7. The first-order chi connectivity index (χ1) is 7.92. The third-order valence-corrected chi connectivity index (χ3v) is 3.11. The van der Waals surface area contributed by atoms with Gasteiger partial charge in [-0.2, -0.15) is 0 Å². The molecule has 0 aliphatic carbocycles. The van der Waals surface area contributed by atoms with E-state index >= 15 is 0 Å². The van der Waals surface area contributed by atoms with Crippen LogP contribution < -0.4 is 15.8 Å². The van der Waals surface area contributed by atoms with E-state index in [-0.39, 0.29) is 5.54 Å². The van der Waals surface area contributed by atoms with E-state index in [1.54, 1.807) is 7.11 Å². The van der Waals surface area contributed by atoms with Gasteiger partial charge in [-0.25, -0.2) is 0 Å². The molecule has 3 nitrogen and oxygen atoms in total. The summed E-state index contributed by atoms with van der Waals surface area (Å²) < 4.78 is 6.17. The van der Waals surface area contributed by atoms with Gasteiger partial charge in [-0.3, -0.25) is 0 Å². The maximum atomic E-state index is 5.91. The quantitative estimate of drug-likeness (QED) is 0.794. The predicted molar refractivity (Wildman–Crippen MR) is 75.3 cm³/mol. The average Bonchev–Trinajstić information content (AvgIpc) is 2.23. The van der Waals surface area contributed by atoms with E-state index in [0.29, 0.717) is 0 Å². The smallest absolute Gasteiger partial charge is 0.133 e. The van der Waals surface area contributed by atoms with Crippen molar-refractivity contribution < 1.29 is 4.74 Å². The van der Waals surface area contributed by atoms with Crippen LogP contribution in [0.3, 0.4) is 0 Å². The maximum Gasteiger partial charge on any atom is 0.133 e. The lowest BCUT2D eigenvalue weighted by Crippen LogP contribution is -2.35. The lowest BCUT2D eigenvalue weighted by atomic mass is 10.0. The van der Waals surface area contributed by atoms with Crippen LogP contribution in [0.4, 0.5) is 0 Å². The molecular weight excluding hydrogens is 280 g/mol. The molecule has 3 N–H and O–H groups in total. The van der Waals surface area contributed by atoms with Crippen molar-refractivity contribution in [1.82, 2.24) is 5.32 Å². The Morgan fingerprint density at radius 3 is 2.65 bits per heavy atom. The van der Waals surface area contributed by atoms with Gasteiger partial charge in [0.05, 0.1) is 11.6 Å². The fraction of sp³-hybridized carbons (Fsp3) is 0.538. The molecule has 0 radical (unpaired) electrons. The van der Waals surface area contributed by atoms with Crippen LogP contribution in [0, 0.1) is 0 Å². The number of methoxy groups -OCH3 is 1. The number of ether oxygens (including phenoxy) is 1. The number of nitrogens with two attached hydrogens (primary N) is 1. The molecule has 0 aromatic heterocycles. The Kier molecular flexibility index (Phi) is 5.43. The molecule has 96 valence electrons. The van der Waals surface area contributed by atoms with Gasteiger partial charge in [-0.1, -0.05) is 6.07 Å². The third-order valence-electron chi connectivity index (χ3n) is 2.49. The van der Waals surface area contributed by atoms with Gasteiger partial charge in [0.25, 0.3) is 0 Å². The molecule has 1 aromatic rings. The fourth-order valence-corrected chi connectivity index (χ4v) is 2.05. The van der Waals surface area contributed by atoms with E-state index in [1.165, 1.54) is 5.56 Å². The molecular formula is C13H21BrN2O.